The Balaban J connectivity index is 1.98. The van der Waals surface area contributed by atoms with Crippen molar-refractivity contribution < 1.29 is 24.2 Å². The number of methoxy groups -OCH3 is 2. The Morgan fingerprint density at radius 2 is 1.97 bits per heavy atom. The number of carbonyl (C=O) groups is 2. The molecule has 3 rings (SSSR count). The van der Waals surface area contributed by atoms with E-state index in [0.717, 1.165) is 11.1 Å². The fourth-order valence-corrected chi connectivity index (χ4v) is 3.82. The second-order valence-electron chi connectivity index (χ2n) is 7.05. The van der Waals surface area contributed by atoms with Gasteiger partial charge < -0.3 is 24.8 Å². The van der Waals surface area contributed by atoms with Crippen LogP contribution in [0.25, 0.3) is 0 Å². The number of rotatable bonds is 6. The number of hydrogen-bond donors (Lipinski definition) is 2. The Labute approximate surface area is 170 Å². The highest BCUT2D eigenvalue weighted by Gasteiger charge is 2.45. The monoisotopic (exact) mass is 398 g/mol. The third kappa shape index (κ3) is 3.99. The van der Waals surface area contributed by atoms with E-state index in [2.05, 4.69) is 5.32 Å². The van der Waals surface area contributed by atoms with Crippen LogP contribution in [-0.4, -0.2) is 42.6 Å². The van der Waals surface area contributed by atoms with Crippen molar-refractivity contribution >= 4 is 17.5 Å². The molecule has 1 heterocycles. The summed E-state index contributed by atoms with van der Waals surface area (Å²) in [6.45, 7) is 4.23. The average Bonchev–Trinajstić information content (AvgIpc) is 3.06. The van der Waals surface area contributed by atoms with Crippen molar-refractivity contribution in [1.29, 1.82) is 0 Å². The Morgan fingerprint density at radius 1 is 1.21 bits per heavy atom. The quantitative estimate of drug-likeness (QED) is 0.729. The number of nitrogens with one attached hydrogen (secondary N) is 1. The highest BCUT2D eigenvalue weighted by molar-refractivity contribution is 5.99. The lowest BCUT2D eigenvalue weighted by Crippen LogP contribution is -2.32. The normalized spacial score (nSPS) is 18.6. The molecule has 1 saturated heterocycles. The molecule has 1 fully saturated rings. The lowest BCUT2D eigenvalue weighted by molar-refractivity contribution is -0.129. The van der Waals surface area contributed by atoms with Gasteiger partial charge in [-0.25, -0.2) is 0 Å². The molecule has 2 aromatic carbocycles. The molecule has 154 valence electrons. The molecule has 1 aliphatic heterocycles. The molecule has 2 N–H and O–H groups in total. The van der Waals surface area contributed by atoms with Crippen molar-refractivity contribution in [2.45, 2.75) is 26.3 Å². The van der Waals surface area contributed by atoms with Gasteiger partial charge in [-0.15, -0.1) is 0 Å². The second-order valence-corrected chi connectivity index (χ2v) is 7.05. The van der Waals surface area contributed by atoms with Gasteiger partial charge in [-0.1, -0.05) is 6.07 Å². The summed E-state index contributed by atoms with van der Waals surface area (Å²) in [6.07, 6.45) is 0.0894. The molecule has 0 aromatic heterocycles. The smallest absolute Gasteiger partial charge is 0.230 e. The molecular formula is C22H26N2O5. The van der Waals surface area contributed by atoms with Gasteiger partial charge in [0.1, 0.15) is 17.2 Å². The first-order valence-corrected chi connectivity index (χ1v) is 9.51. The van der Waals surface area contributed by atoms with Gasteiger partial charge in [-0.3, -0.25) is 9.59 Å². The van der Waals surface area contributed by atoms with Gasteiger partial charge in [0.25, 0.3) is 0 Å². The minimum atomic E-state index is -0.621. The van der Waals surface area contributed by atoms with Crippen LogP contribution in [0.5, 0.6) is 17.2 Å². The van der Waals surface area contributed by atoms with Crippen LogP contribution in [0.2, 0.25) is 0 Å². The fourth-order valence-electron chi connectivity index (χ4n) is 3.82. The van der Waals surface area contributed by atoms with Gasteiger partial charge in [0.2, 0.25) is 11.8 Å². The molecule has 0 bridgehead atoms. The number of nitrogens with zero attached hydrogens (tertiary/aromatic N) is 1. The predicted molar refractivity (Wildman–Crippen MR) is 109 cm³/mol. The molecule has 0 unspecified atom stereocenters. The Kier molecular flexibility index (Phi) is 5.96. The second kappa shape index (κ2) is 8.43. The van der Waals surface area contributed by atoms with Crippen LogP contribution in [0.3, 0.4) is 0 Å². The summed E-state index contributed by atoms with van der Waals surface area (Å²) < 4.78 is 10.8. The van der Waals surface area contributed by atoms with Gasteiger partial charge in [0.15, 0.2) is 0 Å². The van der Waals surface area contributed by atoms with E-state index in [0.29, 0.717) is 23.7 Å². The molecule has 0 saturated carbocycles. The van der Waals surface area contributed by atoms with E-state index < -0.39 is 12.0 Å². The van der Waals surface area contributed by atoms with Crippen molar-refractivity contribution in [1.82, 2.24) is 4.90 Å². The van der Waals surface area contributed by atoms with E-state index in [4.69, 9.17) is 9.47 Å². The molecule has 1 aliphatic rings. The minimum Gasteiger partial charge on any atom is -0.506 e. The minimum absolute atomic E-state index is 0.0146. The lowest BCUT2D eigenvalue weighted by atomic mass is 9.91. The Bertz CT molecular complexity index is 927. The van der Waals surface area contributed by atoms with Crippen molar-refractivity contribution in [2.75, 3.05) is 26.1 Å². The molecule has 7 nitrogen and oxygen atoms in total. The number of amides is 2. The lowest BCUT2D eigenvalue weighted by Gasteiger charge is -2.28. The van der Waals surface area contributed by atoms with Crippen LogP contribution in [-0.2, 0) is 9.59 Å². The molecule has 0 radical (unpaired) electrons. The first kappa shape index (κ1) is 20.5. The van der Waals surface area contributed by atoms with E-state index >= 15 is 0 Å². The molecule has 2 amide bonds. The molecule has 0 spiro atoms. The zero-order valence-electron chi connectivity index (χ0n) is 17.1. The zero-order chi connectivity index (χ0) is 21.1. The highest BCUT2D eigenvalue weighted by atomic mass is 16.5. The number of carbonyl (C=O) groups excluding carboxylic acids is 2. The molecule has 2 aromatic rings. The van der Waals surface area contributed by atoms with Gasteiger partial charge in [0, 0.05) is 24.6 Å². The molecule has 2 atom stereocenters. The maximum Gasteiger partial charge on any atom is 0.230 e. The number of phenolic OH excluding ortho intramolecular Hbond substituents is 1. The molecular weight excluding hydrogens is 372 g/mol. The van der Waals surface area contributed by atoms with Crippen molar-refractivity contribution in [2.24, 2.45) is 5.92 Å². The van der Waals surface area contributed by atoms with Crippen LogP contribution in [0.15, 0.2) is 36.4 Å². The summed E-state index contributed by atoms with van der Waals surface area (Å²) in [6, 6.07) is 9.88. The standard InChI is InChI=1S/C22H26N2O5/c1-5-24-20(26)12-16(22(27)23-17-10-13(2)6-9-18(17)25)21(24)15-8-7-14(28-3)11-19(15)29-4/h6-11,16,21,25H,5,12H2,1-4H3,(H,23,27)/t16-,21+/m1/s1. The highest BCUT2D eigenvalue weighted by Crippen LogP contribution is 2.43. The van der Waals surface area contributed by atoms with Crippen molar-refractivity contribution in [3.05, 3.63) is 47.5 Å². The predicted octanol–water partition coefficient (Wildman–Crippen LogP) is 3.27. The van der Waals surface area contributed by atoms with Gasteiger partial charge in [-0.2, -0.15) is 0 Å². The maximum atomic E-state index is 13.1. The summed E-state index contributed by atoms with van der Waals surface area (Å²) in [5.41, 5.74) is 1.98. The summed E-state index contributed by atoms with van der Waals surface area (Å²) in [5.74, 6) is 0.133. The van der Waals surface area contributed by atoms with E-state index in [9.17, 15) is 14.7 Å². The van der Waals surface area contributed by atoms with Gasteiger partial charge >= 0.3 is 0 Å². The molecule has 0 aliphatic carbocycles. The summed E-state index contributed by atoms with van der Waals surface area (Å²) in [4.78, 5) is 27.4. The van der Waals surface area contributed by atoms with Crippen LogP contribution in [0, 0.1) is 12.8 Å². The number of aryl methyl sites for hydroxylation is 1. The SMILES string of the molecule is CCN1C(=O)C[C@@H](C(=O)Nc2cc(C)ccc2O)[C@@H]1c1ccc(OC)cc1OC. The first-order chi connectivity index (χ1) is 13.9. The third-order valence-corrected chi connectivity index (χ3v) is 5.28. The Hall–Kier alpha value is -3.22. The number of likely N-dealkylation sites (tertiary alicyclic amines) is 1. The summed E-state index contributed by atoms with van der Waals surface area (Å²) >= 11 is 0. The topological polar surface area (TPSA) is 88.1 Å². The Morgan fingerprint density at radius 3 is 2.62 bits per heavy atom. The number of phenols is 1. The third-order valence-electron chi connectivity index (χ3n) is 5.28. The number of hydrogen-bond acceptors (Lipinski definition) is 5. The summed E-state index contributed by atoms with van der Waals surface area (Å²) in [5, 5.41) is 12.9. The van der Waals surface area contributed by atoms with Crippen LogP contribution in [0.4, 0.5) is 5.69 Å². The molecule has 7 heteroatoms. The van der Waals surface area contributed by atoms with Crippen LogP contribution >= 0.6 is 0 Å². The maximum absolute atomic E-state index is 13.1. The number of aromatic hydroxyl groups is 1. The van der Waals surface area contributed by atoms with E-state index in [1.807, 2.05) is 19.9 Å². The van der Waals surface area contributed by atoms with E-state index in [-0.39, 0.29) is 24.0 Å². The average molecular weight is 398 g/mol. The van der Waals surface area contributed by atoms with E-state index in [1.165, 1.54) is 6.07 Å². The first-order valence-electron chi connectivity index (χ1n) is 9.51. The van der Waals surface area contributed by atoms with Gasteiger partial charge in [0.05, 0.1) is 31.9 Å². The fraction of sp³-hybridized carbons (Fsp3) is 0.364. The van der Waals surface area contributed by atoms with E-state index in [1.54, 1.807) is 43.4 Å². The zero-order valence-corrected chi connectivity index (χ0v) is 17.1. The summed E-state index contributed by atoms with van der Waals surface area (Å²) in [7, 11) is 3.11. The van der Waals surface area contributed by atoms with Gasteiger partial charge in [-0.05, 0) is 43.7 Å². The number of anilines is 1. The van der Waals surface area contributed by atoms with Crippen molar-refractivity contribution in [3.8, 4) is 17.2 Å². The van der Waals surface area contributed by atoms with Crippen LogP contribution in [0.1, 0.15) is 30.5 Å². The van der Waals surface area contributed by atoms with Crippen LogP contribution < -0.4 is 14.8 Å². The largest absolute Gasteiger partial charge is 0.506 e. The molecule has 29 heavy (non-hydrogen) atoms. The van der Waals surface area contributed by atoms with Crippen molar-refractivity contribution in [3.63, 3.8) is 0 Å². The number of benzene rings is 2. The number of ether oxygens (including phenoxy) is 2.